The zero-order chi connectivity index (χ0) is 54.5. The molecule has 13 N–H and O–H groups in total. The molecular weight excluding hydrogens is 993 g/mol. The maximum Gasteiger partial charge on any atom is 0.246 e. The number of carbonyl (C=O) groups excluding carboxylic acids is 10. The standard InChI is InChI=1S/C50H68N12O12S/c1-6-25(2)41-47(72)54-21-39(66)56-35-24-75-49-31(30-10-7-8-11-32(30)59-49)18-33(44(69)53-22-40(67)60-41)57-48(73)42(26(3)37(64)23-63)61-46(71)36-12-9-17-62(36)50(74)34(58-45(35)70)19-38(65)52-20-28-13-15-29(16-14-28)55-43(68)27(4)51-5/h7-8,10-11,13-16,25-27,33-37,41-42,51,59,63-64H,6,9,12,17-24H2,1-5H3,(H,52,65)(H,53,69)(H,54,72)(H,55,68)(H,56,66)(H,57,73)(H,58,70)(H,60,67)(H,61,71)/t25-,26-,27-,33-,34-,35-,36-,37-,41-,42-/m0/s1. The minimum absolute atomic E-state index is 0.0150. The van der Waals surface area contributed by atoms with Crippen molar-refractivity contribution in [2.45, 2.75) is 120 Å². The number of rotatable bonds is 12. The van der Waals surface area contributed by atoms with Gasteiger partial charge in [0.2, 0.25) is 59.1 Å². The van der Waals surface area contributed by atoms with E-state index in [2.05, 4.69) is 58.2 Å². The molecule has 406 valence electrons. The van der Waals surface area contributed by atoms with E-state index in [1.54, 1.807) is 76.3 Å². The van der Waals surface area contributed by atoms with Gasteiger partial charge in [-0.15, -0.1) is 11.8 Å². The Hall–Kier alpha value is -7.09. The molecule has 10 atom stereocenters. The largest absolute Gasteiger partial charge is 0.394 e. The first-order valence-corrected chi connectivity index (χ1v) is 26.0. The molecule has 0 aliphatic carbocycles. The highest BCUT2D eigenvalue weighted by Crippen LogP contribution is 2.32. The molecule has 4 heterocycles. The lowest BCUT2D eigenvalue weighted by molar-refractivity contribution is -0.144. The predicted molar refractivity (Wildman–Crippen MR) is 275 cm³/mol. The summed E-state index contributed by atoms with van der Waals surface area (Å²) in [6, 6.07) is 4.58. The van der Waals surface area contributed by atoms with Gasteiger partial charge in [0.05, 0.1) is 43.3 Å². The number of aliphatic hydroxyl groups is 2. The molecule has 1 saturated heterocycles. The summed E-state index contributed by atoms with van der Waals surface area (Å²) in [6.45, 7) is 4.45. The number of hydrogen-bond donors (Lipinski definition) is 13. The van der Waals surface area contributed by atoms with E-state index in [0.29, 0.717) is 39.2 Å². The van der Waals surface area contributed by atoms with Crippen molar-refractivity contribution in [3.8, 4) is 0 Å². The summed E-state index contributed by atoms with van der Waals surface area (Å²) in [5.41, 5.74) is 2.20. The number of carbonyl (C=O) groups is 10. The summed E-state index contributed by atoms with van der Waals surface area (Å²) in [7, 11) is 1.65. The van der Waals surface area contributed by atoms with Crippen molar-refractivity contribution in [3.63, 3.8) is 0 Å². The van der Waals surface area contributed by atoms with Crippen LogP contribution in [0.2, 0.25) is 0 Å². The van der Waals surface area contributed by atoms with Gasteiger partial charge in [0.15, 0.2) is 0 Å². The zero-order valence-electron chi connectivity index (χ0n) is 42.5. The Bertz CT molecular complexity index is 2610. The Labute approximate surface area is 437 Å². The Balaban J connectivity index is 1.41. The van der Waals surface area contributed by atoms with Crippen molar-refractivity contribution < 1.29 is 58.2 Å². The number of aromatic nitrogens is 1. The molecule has 0 radical (unpaired) electrons. The molecule has 3 aliphatic rings. The Morgan fingerprint density at radius 1 is 0.800 bits per heavy atom. The van der Waals surface area contributed by atoms with Gasteiger partial charge < -0.3 is 73.3 Å². The monoisotopic (exact) mass is 1060 g/mol. The Kier molecular flexibility index (Phi) is 20.1. The second kappa shape index (κ2) is 26.4. The summed E-state index contributed by atoms with van der Waals surface area (Å²) in [5, 5.41) is 48.7. The average Bonchev–Trinajstić information content (AvgIpc) is 4.04. The van der Waals surface area contributed by atoms with Crippen molar-refractivity contribution in [2.75, 3.05) is 44.4 Å². The number of amides is 10. The molecule has 6 rings (SSSR count). The van der Waals surface area contributed by atoms with Gasteiger partial charge in [0.25, 0.3) is 0 Å². The van der Waals surface area contributed by atoms with Gasteiger partial charge in [-0.25, -0.2) is 0 Å². The van der Waals surface area contributed by atoms with E-state index >= 15 is 0 Å². The Morgan fingerprint density at radius 2 is 1.49 bits per heavy atom. The van der Waals surface area contributed by atoms with E-state index in [-0.39, 0.29) is 44.0 Å². The SMILES string of the molecule is CC[C@H](C)[C@@H]1NC(=O)CNC(=O)[C@@H]2Cc3c([nH]c4ccccc34)SC[C@H](NC(=O)CNC1=O)C(=O)N[C@@H](CC(=O)NCc1ccc(NC(=O)[C@H](C)NC)cc1)C(=O)N1CCC[C@H]1C(=O)N[C@@H]([C@@H](C)[C@@H](O)CO)C(=O)N2. The van der Waals surface area contributed by atoms with Crippen LogP contribution in [-0.2, 0) is 60.9 Å². The molecule has 0 unspecified atom stereocenters. The van der Waals surface area contributed by atoms with E-state index in [1.165, 1.54) is 11.8 Å². The molecule has 1 fully saturated rings. The van der Waals surface area contributed by atoms with Crippen LogP contribution in [-0.4, -0.2) is 167 Å². The third-order valence-electron chi connectivity index (χ3n) is 13.8. The molecule has 1 aromatic heterocycles. The van der Waals surface area contributed by atoms with Crippen molar-refractivity contribution in [2.24, 2.45) is 11.8 Å². The third-order valence-corrected chi connectivity index (χ3v) is 14.9. The van der Waals surface area contributed by atoms with Crippen molar-refractivity contribution in [1.82, 2.24) is 57.7 Å². The second-order valence-corrected chi connectivity index (χ2v) is 20.1. The topological polar surface area (TPSA) is 350 Å². The van der Waals surface area contributed by atoms with E-state index in [0.717, 1.165) is 11.8 Å². The van der Waals surface area contributed by atoms with Crippen LogP contribution >= 0.6 is 11.8 Å². The fourth-order valence-corrected chi connectivity index (χ4v) is 9.98. The number of nitrogens with one attached hydrogen (secondary N) is 11. The highest BCUT2D eigenvalue weighted by Gasteiger charge is 2.42. The number of para-hydroxylation sites is 1. The van der Waals surface area contributed by atoms with Crippen LogP contribution in [0.15, 0.2) is 53.6 Å². The molecule has 75 heavy (non-hydrogen) atoms. The minimum atomic E-state index is -1.64. The van der Waals surface area contributed by atoms with Crippen molar-refractivity contribution >= 4 is 87.4 Å². The normalized spacial score (nSPS) is 24.3. The number of aromatic amines is 1. The maximum absolute atomic E-state index is 14.8. The fraction of sp³-hybridized carbons (Fsp3) is 0.520. The van der Waals surface area contributed by atoms with Gasteiger partial charge >= 0.3 is 0 Å². The van der Waals surface area contributed by atoms with Crippen LogP contribution in [0.3, 0.4) is 0 Å². The highest BCUT2D eigenvalue weighted by atomic mass is 32.2. The number of thioether (sulfide) groups is 1. The summed E-state index contributed by atoms with van der Waals surface area (Å²) in [4.78, 5) is 144. The molecule has 25 heteroatoms. The van der Waals surface area contributed by atoms with E-state index < -0.39 is 140 Å². The summed E-state index contributed by atoms with van der Waals surface area (Å²) < 4.78 is 0. The lowest BCUT2D eigenvalue weighted by Gasteiger charge is -2.33. The lowest BCUT2D eigenvalue weighted by Crippen LogP contribution is -2.62. The molecule has 2 aromatic carbocycles. The number of likely N-dealkylation sites (N-methyl/N-ethyl adjacent to an activating group) is 1. The highest BCUT2D eigenvalue weighted by molar-refractivity contribution is 7.99. The molecule has 2 bridgehead atoms. The number of H-pyrrole nitrogens is 1. The van der Waals surface area contributed by atoms with Crippen molar-refractivity contribution in [1.29, 1.82) is 0 Å². The summed E-state index contributed by atoms with van der Waals surface area (Å²) in [5.74, 6) is -9.54. The molecule has 24 nitrogen and oxygen atoms in total. The van der Waals surface area contributed by atoms with E-state index in [9.17, 15) is 58.2 Å². The van der Waals surface area contributed by atoms with Crippen LogP contribution in [0.5, 0.6) is 0 Å². The summed E-state index contributed by atoms with van der Waals surface area (Å²) in [6.07, 6.45) is -1.67. The maximum atomic E-state index is 14.8. The van der Waals surface area contributed by atoms with Crippen LogP contribution in [0.25, 0.3) is 10.9 Å². The van der Waals surface area contributed by atoms with Crippen LogP contribution in [0.4, 0.5) is 5.69 Å². The lowest BCUT2D eigenvalue weighted by atomic mass is 9.94. The van der Waals surface area contributed by atoms with Gasteiger partial charge in [0.1, 0.15) is 36.3 Å². The number of anilines is 1. The molecule has 0 saturated carbocycles. The quantitative estimate of drug-likeness (QED) is 0.0914. The number of aliphatic hydroxyl groups excluding tert-OH is 2. The molecule has 10 amide bonds. The van der Waals surface area contributed by atoms with Crippen LogP contribution < -0.4 is 53.2 Å². The first kappa shape index (κ1) is 57.2. The number of benzene rings is 2. The van der Waals surface area contributed by atoms with Gasteiger partial charge in [-0.3, -0.25) is 47.9 Å². The molecular formula is C50H68N12O12S. The molecule has 3 aromatic rings. The fourth-order valence-electron chi connectivity index (χ4n) is 8.86. The smallest absolute Gasteiger partial charge is 0.246 e. The second-order valence-electron chi connectivity index (χ2n) is 19.1. The van der Waals surface area contributed by atoms with Gasteiger partial charge in [-0.05, 0) is 62.1 Å². The number of hydrogen-bond acceptors (Lipinski definition) is 14. The molecule has 0 spiro atoms. The number of nitrogens with zero attached hydrogens (tertiary/aromatic N) is 1. The number of fused-ring (bicyclic) bond motifs is 5. The Morgan fingerprint density at radius 3 is 2.19 bits per heavy atom. The van der Waals surface area contributed by atoms with Crippen LogP contribution in [0, 0.1) is 11.8 Å². The zero-order valence-corrected chi connectivity index (χ0v) is 43.3. The third kappa shape index (κ3) is 14.8. The minimum Gasteiger partial charge on any atom is -0.394 e. The van der Waals surface area contributed by atoms with Crippen molar-refractivity contribution in [3.05, 3.63) is 59.7 Å². The van der Waals surface area contributed by atoms with E-state index in [4.69, 9.17) is 0 Å². The van der Waals surface area contributed by atoms with E-state index in [1.807, 2.05) is 0 Å². The van der Waals surface area contributed by atoms with Gasteiger partial charge in [-0.1, -0.05) is 57.5 Å². The first-order chi connectivity index (χ1) is 35.8. The van der Waals surface area contributed by atoms with Gasteiger partial charge in [-0.2, -0.15) is 0 Å². The average molecular weight is 1060 g/mol. The van der Waals surface area contributed by atoms with Gasteiger partial charge in [0, 0.05) is 47.8 Å². The predicted octanol–water partition coefficient (Wildman–Crippen LogP) is -2.23. The summed E-state index contributed by atoms with van der Waals surface area (Å²) >= 11 is 1.06. The van der Waals surface area contributed by atoms with Crippen LogP contribution in [0.1, 0.15) is 64.5 Å². The molecule has 3 aliphatic heterocycles. The first-order valence-electron chi connectivity index (χ1n) is 25.0.